The van der Waals surface area contributed by atoms with E-state index in [-0.39, 0.29) is 0 Å². The van der Waals surface area contributed by atoms with E-state index in [0.29, 0.717) is 18.5 Å². The van der Waals surface area contributed by atoms with Crippen LogP contribution < -0.4 is 15.0 Å². The van der Waals surface area contributed by atoms with Gasteiger partial charge < -0.3 is 15.0 Å². The summed E-state index contributed by atoms with van der Waals surface area (Å²) in [6.45, 7) is 6.93. The molecule has 5 heteroatoms. The van der Waals surface area contributed by atoms with Crippen molar-refractivity contribution in [2.75, 3.05) is 24.6 Å². The zero-order valence-electron chi connectivity index (χ0n) is 13.1. The first-order chi connectivity index (χ1) is 10.3. The molecule has 2 fully saturated rings. The molecule has 0 aromatic carbocycles. The Morgan fingerprint density at radius 2 is 2.19 bits per heavy atom. The summed E-state index contributed by atoms with van der Waals surface area (Å²) < 4.78 is 5.69. The second-order valence-electron chi connectivity index (χ2n) is 6.17. The third kappa shape index (κ3) is 3.84. The lowest BCUT2D eigenvalue weighted by Crippen LogP contribution is -2.39. The minimum absolute atomic E-state index is 0.520. The topological polar surface area (TPSA) is 50.3 Å². The molecule has 0 spiro atoms. The van der Waals surface area contributed by atoms with E-state index in [9.17, 15) is 0 Å². The first-order valence-electron chi connectivity index (χ1n) is 8.24. The van der Waals surface area contributed by atoms with Gasteiger partial charge in [0.25, 0.3) is 0 Å². The lowest BCUT2D eigenvalue weighted by atomic mass is 10.2. The van der Waals surface area contributed by atoms with Crippen LogP contribution in [-0.2, 0) is 0 Å². The van der Waals surface area contributed by atoms with Gasteiger partial charge in [-0.15, -0.1) is 0 Å². The number of ether oxygens (including phenoxy) is 1. The highest BCUT2D eigenvalue weighted by molar-refractivity contribution is 5.37. The Bertz CT molecular complexity index is 475. The van der Waals surface area contributed by atoms with E-state index < -0.39 is 0 Å². The number of anilines is 1. The molecule has 1 atom stereocenters. The van der Waals surface area contributed by atoms with Gasteiger partial charge in [0.2, 0.25) is 11.8 Å². The fourth-order valence-electron chi connectivity index (χ4n) is 2.83. The fraction of sp³-hybridized carbons (Fsp3) is 0.750. The highest BCUT2D eigenvalue weighted by Gasteiger charge is 2.29. The molecule has 1 aromatic rings. The summed E-state index contributed by atoms with van der Waals surface area (Å²) in [5.74, 6) is 1.54. The normalized spacial score (nSPS) is 21.8. The molecule has 1 unspecified atom stereocenters. The third-order valence-corrected chi connectivity index (χ3v) is 4.13. The van der Waals surface area contributed by atoms with Gasteiger partial charge in [-0.2, -0.15) is 4.98 Å². The number of hydrogen-bond donors (Lipinski definition) is 1. The van der Waals surface area contributed by atoms with Crippen LogP contribution in [0.1, 0.15) is 44.7 Å². The Kier molecular flexibility index (Phi) is 4.58. The van der Waals surface area contributed by atoms with Crippen molar-refractivity contribution in [3.63, 3.8) is 0 Å². The maximum absolute atomic E-state index is 5.69. The summed E-state index contributed by atoms with van der Waals surface area (Å²) in [5.41, 5.74) is 0.979. The molecule has 21 heavy (non-hydrogen) atoms. The smallest absolute Gasteiger partial charge is 0.229 e. The number of nitrogens with one attached hydrogen (secondary N) is 1. The molecule has 0 bridgehead atoms. The standard InChI is InChI=1S/C16H26N4O/c1-3-9-21-15-10-12(2)18-16(19-15)20-8-4-5-14(20)11-17-13-6-7-13/h10,13-14,17H,3-9,11H2,1-2H3. The van der Waals surface area contributed by atoms with Crippen molar-refractivity contribution < 1.29 is 4.74 Å². The van der Waals surface area contributed by atoms with Gasteiger partial charge in [0.1, 0.15) is 0 Å². The van der Waals surface area contributed by atoms with Crippen molar-refractivity contribution in [3.8, 4) is 5.88 Å². The van der Waals surface area contributed by atoms with Crippen molar-refractivity contribution >= 4 is 5.95 Å². The van der Waals surface area contributed by atoms with Crippen LogP contribution in [0.25, 0.3) is 0 Å². The van der Waals surface area contributed by atoms with E-state index in [0.717, 1.165) is 37.2 Å². The van der Waals surface area contributed by atoms with E-state index in [1.807, 2.05) is 13.0 Å². The molecule has 3 rings (SSSR count). The molecule has 116 valence electrons. The Balaban J connectivity index is 1.69. The van der Waals surface area contributed by atoms with Crippen molar-refractivity contribution in [1.29, 1.82) is 0 Å². The van der Waals surface area contributed by atoms with Crippen molar-refractivity contribution in [2.45, 2.75) is 58.0 Å². The quantitative estimate of drug-likeness (QED) is 0.835. The van der Waals surface area contributed by atoms with Gasteiger partial charge in [0.05, 0.1) is 6.61 Å². The minimum atomic E-state index is 0.520. The number of nitrogens with zero attached hydrogens (tertiary/aromatic N) is 3. The second-order valence-corrected chi connectivity index (χ2v) is 6.17. The van der Waals surface area contributed by atoms with Crippen molar-refractivity contribution in [3.05, 3.63) is 11.8 Å². The Morgan fingerprint density at radius 3 is 2.95 bits per heavy atom. The van der Waals surface area contributed by atoms with E-state index in [4.69, 9.17) is 4.74 Å². The van der Waals surface area contributed by atoms with Crippen molar-refractivity contribution in [2.24, 2.45) is 0 Å². The number of aryl methyl sites for hydroxylation is 1. The fourth-order valence-corrected chi connectivity index (χ4v) is 2.83. The first kappa shape index (κ1) is 14.6. The molecular weight excluding hydrogens is 264 g/mol. The van der Waals surface area contributed by atoms with Crippen LogP contribution in [0, 0.1) is 6.92 Å². The second kappa shape index (κ2) is 6.60. The predicted octanol–water partition coefficient (Wildman–Crippen LogP) is 2.29. The van der Waals surface area contributed by atoms with Crippen LogP contribution in [0.5, 0.6) is 5.88 Å². The van der Waals surface area contributed by atoms with Crippen LogP contribution >= 0.6 is 0 Å². The maximum Gasteiger partial charge on any atom is 0.229 e. The predicted molar refractivity (Wildman–Crippen MR) is 83.9 cm³/mol. The zero-order chi connectivity index (χ0) is 14.7. The molecule has 2 aliphatic rings. The lowest BCUT2D eigenvalue weighted by molar-refractivity contribution is 0.304. The number of rotatable bonds is 7. The van der Waals surface area contributed by atoms with Gasteiger partial charge in [-0.1, -0.05) is 6.92 Å². The monoisotopic (exact) mass is 290 g/mol. The van der Waals surface area contributed by atoms with Crippen LogP contribution in [0.15, 0.2) is 6.07 Å². The van der Waals surface area contributed by atoms with Gasteiger partial charge in [-0.3, -0.25) is 0 Å². The lowest BCUT2D eigenvalue weighted by Gasteiger charge is -2.25. The molecule has 5 nitrogen and oxygen atoms in total. The van der Waals surface area contributed by atoms with Crippen LogP contribution in [0.2, 0.25) is 0 Å². The van der Waals surface area contributed by atoms with Crippen LogP contribution in [0.3, 0.4) is 0 Å². The van der Waals surface area contributed by atoms with E-state index >= 15 is 0 Å². The summed E-state index contributed by atoms with van der Waals surface area (Å²) >= 11 is 0. The summed E-state index contributed by atoms with van der Waals surface area (Å²) in [6, 6.07) is 3.20. The molecule has 1 N–H and O–H groups in total. The summed E-state index contributed by atoms with van der Waals surface area (Å²) in [6.07, 6.45) is 6.11. The Morgan fingerprint density at radius 1 is 1.33 bits per heavy atom. The van der Waals surface area contributed by atoms with E-state index in [1.165, 1.54) is 25.7 Å². The van der Waals surface area contributed by atoms with Gasteiger partial charge in [-0.25, -0.2) is 4.98 Å². The van der Waals surface area contributed by atoms with Crippen LogP contribution in [-0.4, -0.2) is 41.7 Å². The molecule has 1 saturated heterocycles. The van der Waals surface area contributed by atoms with Gasteiger partial charge in [0, 0.05) is 36.9 Å². The average Bonchev–Trinajstić information content (AvgIpc) is 3.18. The summed E-state index contributed by atoms with van der Waals surface area (Å²) in [4.78, 5) is 11.6. The Labute approximate surface area is 127 Å². The van der Waals surface area contributed by atoms with Gasteiger partial charge in [0.15, 0.2) is 0 Å². The first-order valence-corrected chi connectivity index (χ1v) is 8.24. The van der Waals surface area contributed by atoms with E-state index in [2.05, 4.69) is 27.1 Å². The molecule has 1 aliphatic heterocycles. The SMILES string of the molecule is CCCOc1cc(C)nc(N2CCCC2CNC2CC2)n1. The van der Waals surface area contributed by atoms with Gasteiger partial charge in [-0.05, 0) is 39.0 Å². The summed E-state index contributed by atoms with van der Waals surface area (Å²) in [5, 5.41) is 3.63. The van der Waals surface area contributed by atoms with E-state index in [1.54, 1.807) is 0 Å². The summed E-state index contributed by atoms with van der Waals surface area (Å²) in [7, 11) is 0. The maximum atomic E-state index is 5.69. The molecule has 2 heterocycles. The van der Waals surface area contributed by atoms with Crippen LogP contribution in [0.4, 0.5) is 5.95 Å². The number of aromatic nitrogens is 2. The number of hydrogen-bond acceptors (Lipinski definition) is 5. The highest BCUT2D eigenvalue weighted by atomic mass is 16.5. The van der Waals surface area contributed by atoms with Crippen molar-refractivity contribution in [1.82, 2.24) is 15.3 Å². The molecular formula is C16H26N4O. The minimum Gasteiger partial charge on any atom is -0.478 e. The molecule has 0 radical (unpaired) electrons. The zero-order valence-corrected chi connectivity index (χ0v) is 13.1. The molecule has 1 saturated carbocycles. The van der Waals surface area contributed by atoms with Gasteiger partial charge >= 0.3 is 0 Å². The third-order valence-electron chi connectivity index (χ3n) is 4.13. The largest absolute Gasteiger partial charge is 0.478 e. The molecule has 0 amide bonds. The molecule has 1 aromatic heterocycles. The average molecular weight is 290 g/mol. The Hall–Kier alpha value is -1.36. The highest BCUT2D eigenvalue weighted by Crippen LogP contribution is 2.25. The molecule has 1 aliphatic carbocycles.